The maximum absolute atomic E-state index is 10.7. The Morgan fingerprint density at radius 1 is 1.45 bits per heavy atom. The van der Waals surface area contributed by atoms with Crippen LogP contribution in [0.25, 0.3) is 0 Å². The second-order valence-corrected chi connectivity index (χ2v) is 4.34. The molecule has 1 unspecified atom stereocenters. The van der Waals surface area contributed by atoms with Gasteiger partial charge < -0.3 is 4.55 Å². The summed E-state index contributed by atoms with van der Waals surface area (Å²) in [5, 5.41) is 0. The number of allylic oxidation sites excluding steroid dienone is 3. The summed E-state index contributed by atoms with van der Waals surface area (Å²) in [6.07, 6.45) is 3.83. The molecule has 0 aromatic heterocycles. The summed E-state index contributed by atoms with van der Waals surface area (Å²) in [5.74, 6) is 0. The number of hydrogen-bond donors (Lipinski definition) is 1. The van der Waals surface area contributed by atoms with Crippen LogP contribution in [0.1, 0.15) is 20.8 Å². The van der Waals surface area contributed by atoms with Gasteiger partial charge in [-0.15, -0.1) is 0 Å². The molecule has 3 heteroatoms. The standard InChI is InChI=1S/C8H12O2S/c1-6-4-8(2,3)5-7(6)11(9)10/h4-5H,1-3H3,(H,9,10). The Labute approximate surface area is 69.3 Å². The average molecular weight is 172 g/mol. The van der Waals surface area contributed by atoms with Gasteiger partial charge in [-0.1, -0.05) is 26.0 Å². The fraction of sp³-hybridized carbons (Fsp3) is 0.500. The zero-order valence-corrected chi connectivity index (χ0v) is 7.73. The van der Waals surface area contributed by atoms with Crippen molar-refractivity contribution in [2.75, 3.05) is 0 Å². The number of hydrogen-bond acceptors (Lipinski definition) is 1. The van der Waals surface area contributed by atoms with Gasteiger partial charge >= 0.3 is 0 Å². The van der Waals surface area contributed by atoms with Crippen LogP contribution < -0.4 is 0 Å². The molecule has 0 saturated heterocycles. The smallest absolute Gasteiger partial charge is 0.186 e. The minimum atomic E-state index is -1.82. The van der Waals surface area contributed by atoms with Crippen LogP contribution in [0.3, 0.4) is 0 Å². The Hall–Kier alpha value is -0.410. The predicted molar refractivity (Wildman–Crippen MR) is 46.4 cm³/mol. The van der Waals surface area contributed by atoms with Gasteiger partial charge in [-0.2, -0.15) is 0 Å². The van der Waals surface area contributed by atoms with E-state index in [0.29, 0.717) is 4.91 Å². The fourth-order valence-electron chi connectivity index (χ4n) is 1.31. The lowest BCUT2D eigenvalue weighted by Gasteiger charge is -2.08. The molecule has 11 heavy (non-hydrogen) atoms. The highest BCUT2D eigenvalue weighted by Gasteiger charge is 2.23. The normalized spacial score (nSPS) is 24.4. The Morgan fingerprint density at radius 3 is 2.18 bits per heavy atom. The maximum atomic E-state index is 10.7. The van der Waals surface area contributed by atoms with Crippen molar-refractivity contribution in [2.24, 2.45) is 5.41 Å². The van der Waals surface area contributed by atoms with Crippen LogP contribution in [-0.4, -0.2) is 8.76 Å². The van der Waals surface area contributed by atoms with Gasteiger partial charge in [0, 0.05) is 5.41 Å². The van der Waals surface area contributed by atoms with E-state index >= 15 is 0 Å². The fourth-order valence-corrected chi connectivity index (χ4v) is 2.05. The molecular formula is C8H12O2S. The molecule has 1 aliphatic carbocycles. The molecule has 2 nitrogen and oxygen atoms in total. The zero-order chi connectivity index (χ0) is 8.65. The van der Waals surface area contributed by atoms with Gasteiger partial charge in [-0.25, -0.2) is 4.21 Å². The molecule has 1 aliphatic rings. The second-order valence-electron chi connectivity index (χ2n) is 3.41. The molecule has 1 rings (SSSR count). The van der Waals surface area contributed by atoms with Crippen LogP contribution in [0.5, 0.6) is 0 Å². The molecule has 1 atom stereocenters. The summed E-state index contributed by atoms with van der Waals surface area (Å²) in [7, 11) is 0. The summed E-state index contributed by atoms with van der Waals surface area (Å²) in [5.41, 5.74) is 0.855. The third-order valence-corrected chi connectivity index (χ3v) is 2.48. The van der Waals surface area contributed by atoms with E-state index in [1.54, 1.807) is 0 Å². The molecular weight excluding hydrogens is 160 g/mol. The largest absolute Gasteiger partial charge is 0.302 e. The average Bonchev–Trinajstić information content (AvgIpc) is 2.05. The predicted octanol–water partition coefficient (Wildman–Crippen LogP) is 2.08. The Kier molecular flexibility index (Phi) is 2.03. The Morgan fingerprint density at radius 2 is 2.00 bits per heavy atom. The minimum Gasteiger partial charge on any atom is -0.302 e. The summed E-state index contributed by atoms with van der Waals surface area (Å²) in [6, 6.07) is 0. The van der Waals surface area contributed by atoms with Crippen molar-refractivity contribution in [3.63, 3.8) is 0 Å². The lowest BCUT2D eigenvalue weighted by atomic mass is 9.96. The third-order valence-electron chi connectivity index (χ3n) is 1.67. The van der Waals surface area contributed by atoms with Gasteiger partial charge in [0.15, 0.2) is 11.1 Å². The highest BCUT2D eigenvalue weighted by Crippen LogP contribution is 2.33. The SMILES string of the molecule is CC1=CC(C)(C)C=C1S(=O)O. The molecule has 0 fully saturated rings. The van der Waals surface area contributed by atoms with Crippen molar-refractivity contribution < 1.29 is 8.76 Å². The molecule has 0 radical (unpaired) electrons. The third kappa shape index (κ3) is 1.79. The molecule has 0 heterocycles. The van der Waals surface area contributed by atoms with E-state index in [1.165, 1.54) is 0 Å². The zero-order valence-electron chi connectivity index (χ0n) is 6.92. The molecule has 0 amide bonds. The Bertz CT molecular complexity index is 261. The highest BCUT2D eigenvalue weighted by molar-refractivity contribution is 7.83. The van der Waals surface area contributed by atoms with Crippen molar-refractivity contribution >= 4 is 11.1 Å². The summed E-state index contributed by atoms with van der Waals surface area (Å²) >= 11 is -1.82. The quantitative estimate of drug-likeness (QED) is 0.615. The van der Waals surface area contributed by atoms with Gasteiger partial charge in [0.1, 0.15) is 0 Å². The van der Waals surface area contributed by atoms with E-state index in [1.807, 2.05) is 32.9 Å². The van der Waals surface area contributed by atoms with Gasteiger partial charge in [0.2, 0.25) is 0 Å². The summed E-state index contributed by atoms with van der Waals surface area (Å²) in [6.45, 7) is 5.88. The monoisotopic (exact) mass is 172 g/mol. The van der Waals surface area contributed by atoms with Crippen LogP contribution in [-0.2, 0) is 11.1 Å². The lowest BCUT2D eigenvalue weighted by Crippen LogP contribution is -1.98. The first-order chi connectivity index (χ1) is 4.92. The molecule has 1 N–H and O–H groups in total. The topological polar surface area (TPSA) is 37.3 Å². The van der Waals surface area contributed by atoms with Crippen molar-refractivity contribution in [3.8, 4) is 0 Å². The summed E-state index contributed by atoms with van der Waals surface area (Å²) < 4.78 is 19.5. The first-order valence-electron chi connectivity index (χ1n) is 3.46. The van der Waals surface area contributed by atoms with E-state index in [0.717, 1.165) is 5.57 Å². The van der Waals surface area contributed by atoms with Crippen LogP contribution in [0.15, 0.2) is 22.6 Å². The lowest BCUT2D eigenvalue weighted by molar-refractivity contribution is 0.570. The van der Waals surface area contributed by atoms with Crippen molar-refractivity contribution in [1.29, 1.82) is 0 Å². The molecule has 0 spiro atoms. The molecule has 0 saturated carbocycles. The van der Waals surface area contributed by atoms with Gasteiger partial charge in [0.05, 0.1) is 4.91 Å². The van der Waals surface area contributed by atoms with Crippen molar-refractivity contribution in [3.05, 3.63) is 22.6 Å². The van der Waals surface area contributed by atoms with Crippen molar-refractivity contribution in [1.82, 2.24) is 0 Å². The van der Waals surface area contributed by atoms with Gasteiger partial charge in [0.25, 0.3) is 0 Å². The molecule has 0 bridgehead atoms. The summed E-state index contributed by atoms with van der Waals surface area (Å²) in [4.78, 5) is 0.551. The van der Waals surface area contributed by atoms with Gasteiger partial charge in [-0.05, 0) is 12.5 Å². The van der Waals surface area contributed by atoms with E-state index < -0.39 is 11.1 Å². The van der Waals surface area contributed by atoms with E-state index in [2.05, 4.69) is 0 Å². The van der Waals surface area contributed by atoms with E-state index in [9.17, 15) is 4.21 Å². The molecule has 0 aromatic rings. The number of rotatable bonds is 1. The van der Waals surface area contributed by atoms with Crippen molar-refractivity contribution in [2.45, 2.75) is 20.8 Å². The van der Waals surface area contributed by atoms with Crippen LogP contribution in [0, 0.1) is 5.41 Å². The first kappa shape index (κ1) is 8.68. The van der Waals surface area contributed by atoms with Crippen LogP contribution in [0.4, 0.5) is 0 Å². The van der Waals surface area contributed by atoms with Gasteiger partial charge in [-0.3, -0.25) is 0 Å². The van der Waals surface area contributed by atoms with E-state index in [4.69, 9.17) is 4.55 Å². The van der Waals surface area contributed by atoms with E-state index in [-0.39, 0.29) is 5.41 Å². The maximum Gasteiger partial charge on any atom is 0.186 e. The highest BCUT2D eigenvalue weighted by atomic mass is 32.2. The Balaban J connectivity index is 3.04. The molecule has 0 aliphatic heterocycles. The molecule has 0 aromatic carbocycles. The van der Waals surface area contributed by atoms with Crippen LogP contribution in [0.2, 0.25) is 0 Å². The van der Waals surface area contributed by atoms with Crippen LogP contribution >= 0.6 is 0 Å². The minimum absolute atomic E-state index is 0.0577. The first-order valence-corrected chi connectivity index (χ1v) is 4.56. The second kappa shape index (κ2) is 2.57. The molecule has 62 valence electrons.